The summed E-state index contributed by atoms with van der Waals surface area (Å²) in [5.74, 6) is 1.05. The maximum absolute atomic E-state index is 12.8. The summed E-state index contributed by atoms with van der Waals surface area (Å²) < 4.78 is 7.84. The molecule has 4 aromatic rings. The summed E-state index contributed by atoms with van der Waals surface area (Å²) in [5.41, 5.74) is 2.09. The van der Waals surface area contributed by atoms with E-state index in [9.17, 15) is 14.7 Å². The minimum atomic E-state index is -1.14. The SMILES string of the molecule is CCNC(=O)c1cc2c(-c3cc(Oc4c(C)cccc4C)c(C(C)(C)O)s3)cn(C)c(=O)c2[nH]1. The summed E-state index contributed by atoms with van der Waals surface area (Å²) in [7, 11) is 1.68. The number of H-pyrrole nitrogens is 1. The standard InChI is InChI=1S/C26H29N3O4S/c1-7-27-24(30)18-11-16-17(13-29(6)25(31)21(16)28-18)20-12-19(23(34-20)26(4,5)32)33-22-14(2)9-8-10-15(22)3/h8-13,28,32H,7H2,1-6H3,(H,27,30). The van der Waals surface area contributed by atoms with Crippen LogP contribution in [0.1, 0.15) is 47.3 Å². The second-order valence-electron chi connectivity index (χ2n) is 8.98. The van der Waals surface area contributed by atoms with Crippen molar-refractivity contribution in [1.82, 2.24) is 14.9 Å². The highest BCUT2D eigenvalue weighted by atomic mass is 32.1. The summed E-state index contributed by atoms with van der Waals surface area (Å²) in [6, 6.07) is 9.54. The normalized spacial score (nSPS) is 11.7. The van der Waals surface area contributed by atoms with Crippen LogP contribution in [0.4, 0.5) is 0 Å². The van der Waals surface area contributed by atoms with Crippen molar-refractivity contribution in [1.29, 1.82) is 0 Å². The Morgan fingerprint density at radius 3 is 2.53 bits per heavy atom. The molecule has 0 fully saturated rings. The molecule has 8 heteroatoms. The Morgan fingerprint density at radius 1 is 1.24 bits per heavy atom. The van der Waals surface area contributed by atoms with Gasteiger partial charge in [-0.1, -0.05) is 18.2 Å². The van der Waals surface area contributed by atoms with Crippen LogP contribution >= 0.6 is 11.3 Å². The number of aliphatic hydroxyl groups is 1. The smallest absolute Gasteiger partial charge is 0.274 e. The predicted molar refractivity (Wildman–Crippen MR) is 136 cm³/mol. The molecule has 3 heterocycles. The second kappa shape index (κ2) is 8.77. The molecule has 3 N–H and O–H groups in total. The number of aromatic amines is 1. The van der Waals surface area contributed by atoms with E-state index in [2.05, 4.69) is 10.3 Å². The van der Waals surface area contributed by atoms with Crippen LogP contribution in [0.5, 0.6) is 11.5 Å². The van der Waals surface area contributed by atoms with E-state index in [0.717, 1.165) is 27.3 Å². The van der Waals surface area contributed by atoms with Crippen LogP contribution in [-0.4, -0.2) is 27.1 Å². The zero-order valence-electron chi connectivity index (χ0n) is 20.2. The Balaban J connectivity index is 1.91. The molecule has 0 saturated heterocycles. The van der Waals surface area contributed by atoms with Crippen LogP contribution in [0.2, 0.25) is 0 Å². The lowest BCUT2D eigenvalue weighted by atomic mass is 10.1. The number of hydrogen-bond acceptors (Lipinski definition) is 5. The quantitative estimate of drug-likeness (QED) is 0.363. The first kappa shape index (κ1) is 23.8. The van der Waals surface area contributed by atoms with E-state index in [1.54, 1.807) is 33.2 Å². The number of nitrogens with one attached hydrogen (secondary N) is 2. The minimum absolute atomic E-state index is 0.222. The Hall–Kier alpha value is -3.36. The van der Waals surface area contributed by atoms with E-state index < -0.39 is 5.60 Å². The number of amides is 1. The molecule has 0 bridgehead atoms. The van der Waals surface area contributed by atoms with Crippen molar-refractivity contribution in [3.63, 3.8) is 0 Å². The van der Waals surface area contributed by atoms with Crippen LogP contribution in [0.15, 0.2) is 41.3 Å². The van der Waals surface area contributed by atoms with Crippen molar-refractivity contribution in [2.45, 2.75) is 40.2 Å². The third kappa shape index (κ3) is 4.26. The molecule has 0 radical (unpaired) electrons. The van der Waals surface area contributed by atoms with Gasteiger partial charge in [-0.05, 0) is 57.9 Å². The summed E-state index contributed by atoms with van der Waals surface area (Å²) in [4.78, 5) is 29.7. The number of para-hydroxylation sites is 1. The topological polar surface area (TPSA) is 96.3 Å². The highest BCUT2D eigenvalue weighted by molar-refractivity contribution is 7.16. The van der Waals surface area contributed by atoms with E-state index in [-0.39, 0.29) is 11.5 Å². The van der Waals surface area contributed by atoms with Gasteiger partial charge in [0.1, 0.15) is 22.7 Å². The molecule has 0 aliphatic heterocycles. The van der Waals surface area contributed by atoms with Gasteiger partial charge < -0.3 is 24.7 Å². The van der Waals surface area contributed by atoms with Gasteiger partial charge >= 0.3 is 0 Å². The van der Waals surface area contributed by atoms with Gasteiger partial charge in [0.25, 0.3) is 11.5 Å². The van der Waals surface area contributed by atoms with Crippen molar-refractivity contribution in [2.24, 2.45) is 7.05 Å². The number of ether oxygens (including phenoxy) is 1. The van der Waals surface area contributed by atoms with Crippen molar-refractivity contribution in [3.8, 4) is 21.9 Å². The first-order valence-corrected chi connectivity index (χ1v) is 11.9. The molecule has 0 aliphatic carbocycles. The van der Waals surface area contributed by atoms with Crippen molar-refractivity contribution >= 4 is 28.1 Å². The number of thiophene rings is 1. The van der Waals surface area contributed by atoms with Crippen LogP contribution < -0.4 is 15.6 Å². The molecule has 34 heavy (non-hydrogen) atoms. The van der Waals surface area contributed by atoms with Gasteiger partial charge in [0.05, 0.1) is 10.5 Å². The maximum Gasteiger partial charge on any atom is 0.274 e. The number of fused-ring (bicyclic) bond motifs is 1. The molecule has 4 rings (SSSR count). The average molecular weight is 480 g/mol. The predicted octanol–water partition coefficient (Wildman–Crippen LogP) is 4.98. The summed E-state index contributed by atoms with van der Waals surface area (Å²) >= 11 is 1.40. The fourth-order valence-electron chi connectivity index (χ4n) is 3.99. The van der Waals surface area contributed by atoms with Crippen LogP contribution in [0.3, 0.4) is 0 Å². The van der Waals surface area contributed by atoms with Crippen LogP contribution in [-0.2, 0) is 12.6 Å². The largest absolute Gasteiger partial charge is 0.456 e. The summed E-state index contributed by atoms with van der Waals surface area (Å²) in [6.07, 6.45) is 1.75. The van der Waals surface area contributed by atoms with Crippen LogP contribution in [0.25, 0.3) is 21.3 Å². The van der Waals surface area contributed by atoms with Gasteiger partial charge in [0.2, 0.25) is 0 Å². The average Bonchev–Trinajstić information content (AvgIpc) is 3.39. The second-order valence-corrected chi connectivity index (χ2v) is 10.0. The van der Waals surface area contributed by atoms with Gasteiger partial charge in [0, 0.05) is 35.6 Å². The number of pyridine rings is 1. The lowest BCUT2D eigenvalue weighted by molar-refractivity contribution is 0.0803. The first-order chi connectivity index (χ1) is 16.0. The van der Waals surface area contributed by atoms with Crippen molar-refractivity contribution < 1.29 is 14.6 Å². The number of aromatic nitrogens is 2. The lowest BCUT2D eigenvalue weighted by Crippen LogP contribution is -2.23. The van der Waals surface area contributed by atoms with Crippen LogP contribution in [0, 0.1) is 13.8 Å². The third-order valence-electron chi connectivity index (χ3n) is 5.69. The molecular formula is C26H29N3O4S. The van der Waals surface area contributed by atoms with E-state index in [1.165, 1.54) is 15.9 Å². The molecule has 0 aliphatic rings. The number of hydrogen-bond donors (Lipinski definition) is 3. The minimum Gasteiger partial charge on any atom is -0.456 e. The van der Waals surface area contributed by atoms with Gasteiger partial charge in [-0.3, -0.25) is 9.59 Å². The zero-order chi connectivity index (χ0) is 24.8. The Morgan fingerprint density at radius 2 is 1.91 bits per heavy atom. The monoisotopic (exact) mass is 479 g/mol. The molecule has 7 nitrogen and oxygen atoms in total. The molecule has 178 valence electrons. The number of benzene rings is 1. The molecule has 1 aromatic carbocycles. The van der Waals surface area contributed by atoms with Gasteiger partial charge in [0.15, 0.2) is 0 Å². The molecule has 0 unspecified atom stereocenters. The zero-order valence-corrected chi connectivity index (χ0v) is 21.0. The Labute approximate surface area is 202 Å². The highest BCUT2D eigenvalue weighted by Crippen LogP contribution is 2.45. The molecular weight excluding hydrogens is 450 g/mol. The van der Waals surface area contributed by atoms with Gasteiger partial charge in [-0.25, -0.2) is 0 Å². The number of carbonyl (C=O) groups is 1. The molecule has 0 atom stereocenters. The fraction of sp³-hybridized carbons (Fsp3) is 0.308. The Bertz CT molecular complexity index is 1430. The number of aryl methyl sites for hydroxylation is 3. The fourth-order valence-corrected chi connectivity index (χ4v) is 5.10. The summed E-state index contributed by atoms with van der Waals surface area (Å²) in [6.45, 7) is 9.74. The first-order valence-electron chi connectivity index (χ1n) is 11.1. The van der Waals surface area contributed by atoms with Crippen molar-refractivity contribution in [2.75, 3.05) is 6.54 Å². The van der Waals surface area contributed by atoms with E-state index in [0.29, 0.717) is 33.8 Å². The number of nitrogens with zero attached hydrogens (tertiary/aromatic N) is 1. The third-order valence-corrected chi connectivity index (χ3v) is 7.15. The van der Waals surface area contributed by atoms with E-state index >= 15 is 0 Å². The van der Waals surface area contributed by atoms with Gasteiger partial charge in [-0.2, -0.15) is 0 Å². The molecule has 3 aromatic heterocycles. The maximum atomic E-state index is 12.8. The number of rotatable bonds is 6. The van der Waals surface area contributed by atoms with E-state index in [1.807, 2.05) is 45.0 Å². The summed E-state index contributed by atoms with van der Waals surface area (Å²) in [5, 5.41) is 14.3. The van der Waals surface area contributed by atoms with Crippen molar-refractivity contribution in [3.05, 3.63) is 68.6 Å². The molecule has 1 amide bonds. The molecule has 0 spiro atoms. The number of carbonyl (C=O) groups excluding carboxylic acids is 1. The lowest BCUT2D eigenvalue weighted by Gasteiger charge is -2.19. The van der Waals surface area contributed by atoms with Gasteiger partial charge in [-0.15, -0.1) is 11.3 Å². The Kier molecular flexibility index (Phi) is 6.14. The molecule has 0 saturated carbocycles. The highest BCUT2D eigenvalue weighted by Gasteiger charge is 2.27. The van der Waals surface area contributed by atoms with E-state index in [4.69, 9.17) is 4.74 Å².